The third-order valence-electron chi connectivity index (χ3n) is 2.93. The molecular formula is C11H18N4O2S. The number of sulfonamides is 1. The van der Waals surface area contributed by atoms with E-state index in [0.717, 1.165) is 26.2 Å². The summed E-state index contributed by atoms with van der Waals surface area (Å²) in [5.74, 6) is 0. The molecule has 2 heterocycles. The van der Waals surface area contributed by atoms with Crippen LogP contribution in [0.5, 0.6) is 0 Å². The van der Waals surface area contributed by atoms with Crippen LogP contribution in [-0.4, -0.2) is 58.0 Å². The van der Waals surface area contributed by atoms with Crippen molar-refractivity contribution in [1.29, 1.82) is 0 Å². The van der Waals surface area contributed by atoms with E-state index in [1.54, 1.807) is 6.07 Å². The van der Waals surface area contributed by atoms with Crippen molar-refractivity contribution in [2.75, 3.05) is 45.2 Å². The minimum Gasteiger partial charge on any atom is -0.367 e. The smallest absolute Gasteiger partial charge is 0.262 e. The average molecular weight is 270 g/mol. The molecule has 0 aromatic carbocycles. The van der Waals surface area contributed by atoms with Crippen molar-refractivity contribution in [3.8, 4) is 0 Å². The predicted octanol–water partition coefficient (Wildman–Crippen LogP) is -0.258. The third-order valence-corrected chi connectivity index (χ3v) is 4.70. The van der Waals surface area contributed by atoms with E-state index < -0.39 is 10.0 Å². The van der Waals surface area contributed by atoms with Crippen molar-refractivity contribution in [2.45, 2.75) is 5.03 Å². The first-order chi connectivity index (χ1) is 8.53. The number of rotatable bonds is 3. The second-order valence-electron chi connectivity index (χ2n) is 4.35. The van der Waals surface area contributed by atoms with Crippen LogP contribution in [0.2, 0.25) is 0 Å². The van der Waals surface area contributed by atoms with Crippen molar-refractivity contribution in [3.63, 3.8) is 0 Å². The van der Waals surface area contributed by atoms with Crippen LogP contribution in [0.4, 0.5) is 5.69 Å². The summed E-state index contributed by atoms with van der Waals surface area (Å²) in [6.45, 7) is 3.30. The monoisotopic (exact) mass is 270 g/mol. The van der Waals surface area contributed by atoms with Gasteiger partial charge in [-0.2, -0.15) is 0 Å². The summed E-state index contributed by atoms with van der Waals surface area (Å²) in [7, 11) is -0.458. The Morgan fingerprint density at radius 3 is 2.61 bits per heavy atom. The van der Waals surface area contributed by atoms with Gasteiger partial charge in [0.15, 0.2) is 5.03 Å². The maximum absolute atomic E-state index is 12.2. The molecule has 0 radical (unpaired) electrons. The van der Waals surface area contributed by atoms with Gasteiger partial charge in [-0.25, -0.2) is 17.7 Å². The summed E-state index contributed by atoms with van der Waals surface area (Å²) in [6.07, 6.45) is 1.52. The second kappa shape index (κ2) is 5.21. The zero-order valence-corrected chi connectivity index (χ0v) is 11.4. The molecule has 0 aliphatic carbocycles. The van der Waals surface area contributed by atoms with Gasteiger partial charge in [-0.15, -0.1) is 0 Å². The quantitative estimate of drug-likeness (QED) is 0.820. The largest absolute Gasteiger partial charge is 0.367 e. The lowest BCUT2D eigenvalue weighted by Crippen LogP contribution is -2.44. The molecule has 2 rings (SSSR count). The Morgan fingerprint density at radius 1 is 1.33 bits per heavy atom. The maximum Gasteiger partial charge on any atom is 0.262 e. The minimum absolute atomic E-state index is 0.136. The van der Waals surface area contributed by atoms with Crippen LogP contribution in [-0.2, 0) is 10.0 Å². The van der Waals surface area contributed by atoms with E-state index in [0.29, 0.717) is 5.69 Å². The van der Waals surface area contributed by atoms with Gasteiger partial charge >= 0.3 is 0 Å². The van der Waals surface area contributed by atoms with E-state index in [4.69, 9.17) is 0 Å². The van der Waals surface area contributed by atoms with Crippen molar-refractivity contribution < 1.29 is 8.42 Å². The van der Waals surface area contributed by atoms with Gasteiger partial charge in [0.1, 0.15) is 0 Å². The van der Waals surface area contributed by atoms with E-state index >= 15 is 0 Å². The Balaban J connectivity index is 2.42. The van der Waals surface area contributed by atoms with Crippen LogP contribution in [0, 0.1) is 0 Å². The number of piperazine rings is 1. The van der Waals surface area contributed by atoms with Gasteiger partial charge in [-0.3, -0.25) is 0 Å². The fourth-order valence-corrected chi connectivity index (χ4v) is 2.90. The highest BCUT2D eigenvalue weighted by molar-refractivity contribution is 7.89. The lowest BCUT2D eigenvalue weighted by atomic mass is 10.3. The van der Waals surface area contributed by atoms with Crippen LogP contribution in [0.1, 0.15) is 0 Å². The molecule has 0 amide bonds. The van der Waals surface area contributed by atoms with Crippen LogP contribution >= 0.6 is 0 Å². The van der Waals surface area contributed by atoms with E-state index in [-0.39, 0.29) is 5.03 Å². The number of hydrogen-bond donors (Lipinski definition) is 1. The van der Waals surface area contributed by atoms with Crippen molar-refractivity contribution in [1.82, 2.24) is 14.6 Å². The zero-order chi connectivity index (χ0) is 13.2. The number of aromatic nitrogens is 1. The molecule has 0 unspecified atom stereocenters. The summed E-state index contributed by atoms with van der Waals surface area (Å²) in [4.78, 5) is 6.11. The summed E-state index contributed by atoms with van der Waals surface area (Å²) in [6, 6.07) is 3.58. The van der Waals surface area contributed by atoms with E-state index in [1.165, 1.54) is 24.6 Å². The molecule has 1 fully saturated rings. The summed E-state index contributed by atoms with van der Waals surface area (Å²) < 4.78 is 25.6. The molecule has 1 saturated heterocycles. The number of hydrogen-bond acceptors (Lipinski definition) is 5. The highest BCUT2D eigenvalue weighted by Crippen LogP contribution is 2.24. The Bertz CT molecular complexity index is 510. The first kappa shape index (κ1) is 13.3. The summed E-state index contributed by atoms with van der Waals surface area (Å²) in [5, 5.41) is 3.38. The molecule has 0 bridgehead atoms. The van der Waals surface area contributed by atoms with Crippen molar-refractivity contribution in [3.05, 3.63) is 18.3 Å². The fraction of sp³-hybridized carbons (Fsp3) is 0.545. The highest BCUT2D eigenvalue weighted by Gasteiger charge is 2.25. The molecule has 1 aliphatic heterocycles. The van der Waals surface area contributed by atoms with Gasteiger partial charge in [-0.05, 0) is 12.1 Å². The third kappa shape index (κ3) is 2.47. The molecular weight excluding hydrogens is 252 g/mol. The molecule has 1 aromatic heterocycles. The van der Waals surface area contributed by atoms with E-state index in [1.807, 2.05) is 6.07 Å². The lowest BCUT2D eigenvalue weighted by Gasteiger charge is -2.30. The topological polar surface area (TPSA) is 65.5 Å². The summed E-state index contributed by atoms with van der Waals surface area (Å²) in [5.41, 5.74) is 0.688. The molecule has 7 heteroatoms. The van der Waals surface area contributed by atoms with Crippen LogP contribution in [0.25, 0.3) is 0 Å². The average Bonchev–Trinajstić information content (AvgIpc) is 2.39. The summed E-state index contributed by atoms with van der Waals surface area (Å²) >= 11 is 0. The Kier molecular flexibility index (Phi) is 3.84. The number of nitrogens with one attached hydrogen (secondary N) is 1. The molecule has 0 spiro atoms. The van der Waals surface area contributed by atoms with Crippen LogP contribution in [0.15, 0.2) is 23.4 Å². The van der Waals surface area contributed by atoms with Gasteiger partial charge in [0, 0.05) is 46.5 Å². The molecule has 100 valence electrons. The standard InChI is InChI=1S/C11H18N4O2S/c1-14(2)18(16,17)11-10(4-3-5-13-11)15-8-6-12-7-9-15/h3-5,12H,6-9H2,1-2H3. The predicted molar refractivity (Wildman–Crippen MR) is 70.2 cm³/mol. The molecule has 18 heavy (non-hydrogen) atoms. The molecule has 0 saturated carbocycles. The van der Waals surface area contributed by atoms with Gasteiger partial charge < -0.3 is 10.2 Å². The fourth-order valence-electron chi connectivity index (χ4n) is 1.90. The maximum atomic E-state index is 12.2. The SMILES string of the molecule is CN(C)S(=O)(=O)c1ncccc1N1CCNCC1. The Morgan fingerprint density at radius 2 is 2.00 bits per heavy atom. The second-order valence-corrected chi connectivity index (χ2v) is 6.42. The van der Waals surface area contributed by atoms with E-state index in [9.17, 15) is 8.42 Å². The minimum atomic E-state index is -3.50. The first-order valence-corrected chi connectivity index (χ1v) is 7.30. The molecule has 1 aromatic rings. The molecule has 1 aliphatic rings. The van der Waals surface area contributed by atoms with Crippen molar-refractivity contribution in [2.24, 2.45) is 0 Å². The highest BCUT2D eigenvalue weighted by atomic mass is 32.2. The zero-order valence-electron chi connectivity index (χ0n) is 10.6. The van der Waals surface area contributed by atoms with Crippen LogP contribution in [0.3, 0.4) is 0 Å². The Hall–Kier alpha value is -1.18. The molecule has 6 nitrogen and oxygen atoms in total. The Labute approximate surface area is 108 Å². The van der Waals surface area contributed by atoms with Gasteiger partial charge in [0.2, 0.25) is 0 Å². The number of nitrogens with zero attached hydrogens (tertiary/aromatic N) is 3. The first-order valence-electron chi connectivity index (χ1n) is 5.86. The lowest BCUT2D eigenvalue weighted by molar-refractivity contribution is 0.515. The number of anilines is 1. The normalized spacial score (nSPS) is 17.2. The van der Waals surface area contributed by atoms with Crippen molar-refractivity contribution >= 4 is 15.7 Å². The van der Waals surface area contributed by atoms with Gasteiger partial charge in [0.25, 0.3) is 10.0 Å². The van der Waals surface area contributed by atoms with Gasteiger partial charge in [-0.1, -0.05) is 0 Å². The number of pyridine rings is 1. The molecule has 0 atom stereocenters. The van der Waals surface area contributed by atoms with E-state index in [2.05, 4.69) is 15.2 Å². The van der Waals surface area contributed by atoms with Crippen LogP contribution < -0.4 is 10.2 Å². The van der Waals surface area contributed by atoms with Gasteiger partial charge in [0.05, 0.1) is 5.69 Å². The molecule has 1 N–H and O–H groups in total.